The van der Waals surface area contributed by atoms with Crippen LogP contribution in [-0.2, 0) is 16.4 Å². The van der Waals surface area contributed by atoms with Gasteiger partial charge in [-0.05, 0) is 31.0 Å². The third-order valence-electron chi connectivity index (χ3n) is 4.31. The van der Waals surface area contributed by atoms with Gasteiger partial charge in [0.1, 0.15) is 12.2 Å². The Morgan fingerprint density at radius 1 is 1.21 bits per heavy atom. The largest absolute Gasteiger partial charge is 0.314 e. The first kappa shape index (κ1) is 17.0. The highest BCUT2D eigenvalue weighted by Gasteiger charge is 2.31. The van der Waals surface area contributed by atoms with Crippen molar-refractivity contribution in [1.29, 1.82) is 0 Å². The Hall–Kier alpha value is -1.87. The molecule has 0 aliphatic carbocycles. The predicted octanol–water partition coefficient (Wildman–Crippen LogP) is 2.14. The maximum Gasteiger partial charge on any atom is 0.243 e. The Bertz CT molecular complexity index is 830. The van der Waals surface area contributed by atoms with Crippen molar-refractivity contribution in [2.24, 2.45) is 0 Å². The van der Waals surface area contributed by atoms with Crippen LogP contribution in [0.3, 0.4) is 0 Å². The van der Waals surface area contributed by atoms with Crippen molar-refractivity contribution >= 4 is 10.0 Å². The van der Waals surface area contributed by atoms with Gasteiger partial charge in [-0.25, -0.2) is 17.2 Å². The van der Waals surface area contributed by atoms with Gasteiger partial charge in [-0.2, -0.15) is 4.31 Å². The average molecular weight is 356 g/mol. The summed E-state index contributed by atoms with van der Waals surface area (Å²) in [5.41, 5.74) is 0. The summed E-state index contributed by atoms with van der Waals surface area (Å²) < 4.78 is 54.8. The van der Waals surface area contributed by atoms with E-state index >= 15 is 0 Å². The molecule has 0 spiro atoms. The molecule has 6 nitrogen and oxygen atoms in total. The van der Waals surface area contributed by atoms with Crippen LogP contribution in [0.5, 0.6) is 0 Å². The van der Waals surface area contributed by atoms with Crippen molar-refractivity contribution in [2.75, 3.05) is 13.1 Å². The van der Waals surface area contributed by atoms with Gasteiger partial charge in [-0.1, -0.05) is 6.92 Å². The monoisotopic (exact) mass is 356 g/mol. The number of aromatic nitrogens is 3. The van der Waals surface area contributed by atoms with Gasteiger partial charge >= 0.3 is 0 Å². The van der Waals surface area contributed by atoms with Gasteiger partial charge in [0.25, 0.3) is 0 Å². The number of aryl methyl sites for hydroxylation is 1. The molecule has 0 radical (unpaired) electrons. The minimum atomic E-state index is -3.82. The van der Waals surface area contributed by atoms with E-state index in [2.05, 4.69) is 10.2 Å². The normalized spacial score (nSPS) is 17.3. The highest BCUT2D eigenvalue weighted by molar-refractivity contribution is 7.89. The second-order valence-corrected chi connectivity index (χ2v) is 7.66. The lowest BCUT2D eigenvalue weighted by Gasteiger charge is -2.32. The molecule has 1 fully saturated rings. The Balaban J connectivity index is 1.75. The van der Waals surface area contributed by atoms with Gasteiger partial charge < -0.3 is 4.57 Å². The maximum atomic E-state index is 13.3. The Morgan fingerprint density at radius 2 is 1.92 bits per heavy atom. The number of halogens is 2. The van der Waals surface area contributed by atoms with Crippen molar-refractivity contribution in [3.63, 3.8) is 0 Å². The molecule has 1 aromatic carbocycles. The molecular weight excluding hydrogens is 338 g/mol. The Kier molecular flexibility index (Phi) is 4.64. The summed E-state index contributed by atoms with van der Waals surface area (Å²) in [6.07, 6.45) is 3.66. The summed E-state index contributed by atoms with van der Waals surface area (Å²) >= 11 is 0. The van der Waals surface area contributed by atoms with Crippen molar-refractivity contribution in [3.05, 3.63) is 42.0 Å². The highest BCUT2D eigenvalue weighted by atomic mass is 32.2. The van der Waals surface area contributed by atoms with Crippen LogP contribution in [0.2, 0.25) is 0 Å². The number of sulfonamides is 1. The molecule has 1 aliphatic heterocycles. The van der Waals surface area contributed by atoms with Crippen molar-refractivity contribution < 1.29 is 17.2 Å². The number of benzene rings is 1. The average Bonchev–Trinajstić information content (AvgIpc) is 3.06. The molecule has 130 valence electrons. The Labute approximate surface area is 139 Å². The molecular formula is C15H18F2N4O2S. The fourth-order valence-electron chi connectivity index (χ4n) is 2.97. The van der Waals surface area contributed by atoms with E-state index in [0.29, 0.717) is 25.9 Å². The lowest BCUT2D eigenvalue weighted by molar-refractivity contribution is 0.270. The number of hydrogen-bond donors (Lipinski definition) is 0. The van der Waals surface area contributed by atoms with Gasteiger partial charge in [-0.15, -0.1) is 10.2 Å². The van der Waals surface area contributed by atoms with Crippen LogP contribution < -0.4 is 0 Å². The molecule has 0 atom stereocenters. The van der Waals surface area contributed by atoms with Crippen LogP contribution >= 0.6 is 0 Å². The fraction of sp³-hybridized carbons (Fsp3) is 0.467. The zero-order chi connectivity index (χ0) is 17.3. The highest BCUT2D eigenvalue weighted by Crippen LogP contribution is 2.28. The van der Waals surface area contributed by atoms with E-state index in [4.69, 9.17) is 0 Å². The minimum Gasteiger partial charge on any atom is -0.314 e. The van der Waals surface area contributed by atoms with Gasteiger partial charge in [-0.3, -0.25) is 0 Å². The van der Waals surface area contributed by atoms with Crippen LogP contribution in [0.25, 0.3) is 0 Å². The number of rotatable bonds is 4. The topological polar surface area (TPSA) is 68.1 Å². The molecule has 9 heteroatoms. The SMILES string of the molecule is CCc1nncn1C1CCN(S(=O)(=O)c2ccc(F)c(F)c2)CC1. The molecule has 0 N–H and O–H groups in total. The summed E-state index contributed by atoms with van der Waals surface area (Å²) in [4.78, 5) is -0.224. The van der Waals surface area contributed by atoms with Crippen LogP contribution in [0.4, 0.5) is 8.78 Å². The van der Waals surface area contributed by atoms with Crippen molar-refractivity contribution in [2.45, 2.75) is 37.1 Å². The molecule has 3 rings (SSSR count). The number of nitrogens with zero attached hydrogens (tertiary/aromatic N) is 4. The lowest BCUT2D eigenvalue weighted by Crippen LogP contribution is -2.39. The quantitative estimate of drug-likeness (QED) is 0.842. The summed E-state index contributed by atoms with van der Waals surface area (Å²) in [5, 5.41) is 7.95. The van der Waals surface area contributed by atoms with E-state index < -0.39 is 21.7 Å². The second-order valence-electron chi connectivity index (χ2n) is 5.72. The molecule has 1 aromatic heterocycles. The third kappa shape index (κ3) is 3.05. The number of hydrogen-bond acceptors (Lipinski definition) is 4. The molecule has 2 heterocycles. The van der Waals surface area contributed by atoms with Gasteiger partial charge in [0.2, 0.25) is 10.0 Å². The van der Waals surface area contributed by atoms with Gasteiger partial charge in [0.05, 0.1) is 4.90 Å². The van der Waals surface area contributed by atoms with E-state index in [0.717, 1.165) is 30.4 Å². The molecule has 0 unspecified atom stereocenters. The first-order valence-electron chi connectivity index (χ1n) is 7.77. The zero-order valence-electron chi connectivity index (χ0n) is 13.2. The van der Waals surface area contributed by atoms with Crippen LogP contribution in [0.15, 0.2) is 29.4 Å². The van der Waals surface area contributed by atoms with Crippen molar-refractivity contribution in [3.8, 4) is 0 Å². The van der Waals surface area contributed by atoms with Gasteiger partial charge in [0.15, 0.2) is 11.6 Å². The molecule has 1 saturated heterocycles. The zero-order valence-corrected chi connectivity index (χ0v) is 14.0. The molecule has 0 saturated carbocycles. The molecule has 0 amide bonds. The van der Waals surface area contributed by atoms with Crippen LogP contribution in [0.1, 0.15) is 31.6 Å². The standard InChI is InChI=1S/C15H18F2N4O2S/c1-2-15-19-18-10-21(15)11-5-7-20(8-6-11)24(22,23)12-3-4-13(16)14(17)9-12/h3-4,9-11H,2,5-8H2,1H3. The van der Waals surface area contributed by atoms with Crippen LogP contribution in [-0.4, -0.2) is 40.6 Å². The molecule has 0 bridgehead atoms. The van der Waals surface area contributed by atoms with E-state index in [1.165, 1.54) is 4.31 Å². The van der Waals surface area contributed by atoms with E-state index in [9.17, 15) is 17.2 Å². The maximum absolute atomic E-state index is 13.3. The summed E-state index contributed by atoms with van der Waals surface area (Å²) in [6, 6.07) is 2.80. The number of piperidine rings is 1. The summed E-state index contributed by atoms with van der Waals surface area (Å²) in [6.45, 7) is 2.61. The van der Waals surface area contributed by atoms with E-state index in [1.807, 2.05) is 11.5 Å². The predicted molar refractivity (Wildman–Crippen MR) is 82.8 cm³/mol. The smallest absolute Gasteiger partial charge is 0.243 e. The van der Waals surface area contributed by atoms with E-state index in [-0.39, 0.29) is 10.9 Å². The van der Waals surface area contributed by atoms with Gasteiger partial charge in [0, 0.05) is 25.6 Å². The fourth-order valence-corrected chi connectivity index (χ4v) is 4.45. The first-order valence-corrected chi connectivity index (χ1v) is 9.21. The van der Waals surface area contributed by atoms with Crippen LogP contribution in [0, 0.1) is 11.6 Å². The minimum absolute atomic E-state index is 0.145. The molecule has 1 aliphatic rings. The molecule has 24 heavy (non-hydrogen) atoms. The molecule has 2 aromatic rings. The summed E-state index contributed by atoms with van der Waals surface area (Å²) in [7, 11) is -3.82. The third-order valence-corrected chi connectivity index (χ3v) is 6.20. The Morgan fingerprint density at radius 3 is 2.54 bits per heavy atom. The van der Waals surface area contributed by atoms with E-state index in [1.54, 1.807) is 6.33 Å². The summed E-state index contributed by atoms with van der Waals surface area (Å²) in [5.74, 6) is -1.35. The lowest BCUT2D eigenvalue weighted by atomic mass is 10.1. The second kappa shape index (κ2) is 6.56. The first-order chi connectivity index (χ1) is 11.4. The van der Waals surface area contributed by atoms with Crippen molar-refractivity contribution in [1.82, 2.24) is 19.1 Å².